The van der Waals surface area contributed by atoms with Crippen LogP contribution in [0.4, 0.5) is 0 Å². The number of amides is 1. The number of aromatic nitrogens is 2. The lowest BCUT2D eigenvalue weighted by molar-refractivity contribution is -0.123. The molecule has 1 amide bonds. The molecule has 0 bridgehead atoms. The van der Waals surface area contributed by atoms with Crippen molar-refractivity contribution >= 4 is 17.5 Å². The molecule has 1 aliphatic rings. The number of benzene rings is 1. The van der Waals surface area contributed by atoms with Crippen LogP contribution in [-0.2, 0) is 11.2 Å². The average Bonchev–Trinajstić information content (AvgIpc) is 2.91. The van der Waals surface area contributed by atoms with Gasteiger partial charge in [-0.05, 0) is 85.5 Å². The molecule has 0 atom stereocenters. The highest BCUT2D eigenvalue weighted by molar-refractivity contribution is 6.32. The quantitative estimate of drug-likeness (QED) is 0.738. The van der Waals surface area contributed by atoms with E-state index in [1.807, 2.05) is 42.8 Å². The van der Waals surface area contributed by atoms with Crippen molar-refractivity contribution in [2.45, 2.75) is 84.3 Å². The first-order chi connectivity index (χ1) is 13.9. The minimum Gasteiger partial charge on any atom is -0.353 e. The zero-order valence-electron chi connectivity index (χ0n) is 19.3. The Labute approximate surface area is 185 Å². The second kappa shape index (κ2) is 8.35. The van der Waals surface area contributed by atoms with E-state index in [9.17, 15) is 4.79 Å². The number of para-hydroxylation sites is 1. The molecule has 0 radical (unpaired) electrons. The molecule has 0 saturated carbocycles. The van der Waals surface area contributed by atoms with E-state index < -0.39 is 0 Å². The fourth-order valence-corrected chi connectivity index (χ4v) is 5.12. The number of hydrogen-bond acceptors (Lipinski definition) is 3. The van der Waals surface area contributed by atoms with Gasteiger partial charge in [-0.2, -0.15) is 5.10 Å². The van der Waals surface area contributed by atoms with Gasteiger partial charge in [0.25, 0.3) is 0 Å². The topological polar surface area (TPSA) is 50.2 Å². The molecule has 2 heterocycles. The summed E-state index contributed by atoms with van der Waals surface area (Å²) in [5.41, 5.74) is 4.09. The van der Waals surface area contributed by atoms with Crippen LogP contribution in [-0.4, -0.2) is 44.8 Å². The van der Waals surface area contributed by atoms with Crippen LogP contribution >= 0.6 is 11.6 Å². The summed E-state index contributed by atoms with van der Waals surface area (Å²) in [6.45, 7) is 13.0. The average molecular weight is 431 g/mol. The van der Waals surface area contributed by atoms with Gasteiger partial charge in [-0.1, -0.05) is 23.7 Å². The minimum atomic E-state index is 0.0585. The number of hydrogen-bond donors (Lipinski definition) is 1. The van der Waals surface area contributed by atoms with Gasteiger partial charge >= 0.3 is 0 Å². The summed E-state index contributed by atoms with van der Waals surface area (Å²) in [5.74, 6) is 0.112. The molecule has 1 aromatic heterocycles. The van der Waals surface area contributed by atoms with Crippen molar-refractivity contribution in [1.82, 2.24) is 20.0 Å². The maximum Gasteiger partial charge on any atom is 0.220 e. The molecule has 0 aliphatic carbocycles. The van der Waals surface area contributed by atoms with Crippen LogP contribution in [0.5, 0.6) is 0 Å². The Bertz CT molecular complexity index is 913. The number of nitrogens with one attached hydrogen (secondary N) is 1. The van der Waals surface area contributed by atoms with Gasteiger partial charge in [-0.25, -0.2) is 4.68 Å². The Kier molecular flexibility index (Phi) is 6.35. The van der Waals surface area contributed by atoms with Crippen molar-refractivity contribution in [2.75, 3.05) is 7.05 Å². The van der Waals surface area contributed by atoms with Crippen LogP contribution in [0.15, 0.2) is 24.3 Å². The summed E-state index contributed by atoms with van der Waals surface area (Å²) in [6.07, 6.45) is 3.05. The third-order valence-corrected chi connectivity index (χ3v) is 7.12. The summed E-state index contributed by atoms with van der Waals surface area (Å²) in [6, 6.07) is 7.89. The number of piperidine rings is 1. The lowest BCUT2D eigenvalue weighted by atomic mass is 9.77. The first kappa shape index (κ1) is 22.8. The molecule has 1 fully saturated rings. The summed E-state index contributed by atoms with van der Waals surface area (Å²) in [4.78, 5) is 15.2. The lowest BCUT2D eigenvalue weighted by Gasteiger charge is -2.53. The van der Waals surface area contributed by atoms with E-state index in [1.54, 1.807) is 0 Å². The smallest absolute Gasteiger partial charge is 0.220 e. The SMILES string of the molecule is Cc1nn(-c2ccccc2Cl)c(C)c1CCC(=O)NC1CC(C)(C)N(C)C(C)(C)C1. The normalized spacial score (nSPS) is 19.1. The Morgan fingerprint density at radius 1 is 1.17 bits per heavy atom. The predicted molar refractivity (Wildman–Crippen MR) is 123 cm³/mol. The van der Waals surface area contributed by atoms with E-state index in [2.05, 4.69) is 50.1 Å². The van der Waals surface area contributed by atoms with Gasteiger partial charge in [-0.15, -0.1) is 0 Å². The molecule has 6 heteroatoms. The van der Waals surface area contributed by atoms with Crippen LogP contribution < -0.4 is 5.32 Å². The fraction of sp³-hybridized carbons (Fsp3) is 0.583. The highest BCUT2D eigenvalue weighted by Crippen LogP contribution is 2.36. The Morgan fingerprint density at radius 3 is 2.37 bits per heavy atom. The number of nitrogens with zero attached hydrogens (tertiary/aromatic N) is 3. The van der Waals surface area contributed by atoms with Gasteiger partial charge in [0.15, 0.2) is 0 Å². The van der Waals surface area contributed by atoms with Crippen molar-refractivity contribution in [1.29, 1.82) is 0 Å². The molecule has 1 saturated heterocycles. The molecule has 2 aromatic rings. The van der Waals surface area contributed by atoms with Gasteiger partial charge in [0.2, 0.25) is 5.91 Å². The summed E-state index contributed by atoms with van der Waals surface area (Å²) < 4.78 is 1.88. The van der Waals surface area contributed by atoms with Crippen molar-refractivity contribution in [3.8, 4) is 5.69 Å². The summed E-state index contributed by atoms with van der Waals surface area (Å²) in [5, 5.41) is 8.64. The minimum absolute atomic E-state index is 0.0585. The van der Waals surface area contributed by atoms with Gasteiger partial charge in [0, 0.05) is 29.2 Å². The number of aryl methyl sites for hydroxylation is 1. The maximum atomic E-state index is 12.8. The monoisotopic (exact) mass is 430 g/mol. The van der Waals surface area contributed by atoms with Gasteiger partial charge in [-0.3, -0.25) is 9.69 Å². The van der Waals surface area contributed by atoms with Crippen molar-refractivity contribution < 1.29 is 4.79 Å². The molecular weight excluding hydrogens is 396 g/mol. The highest BCUT2D eigenvalue weighted by Gasteiger charge is 2.43. The summed E-state index contributed by atoms with van der Waals surface area (Å²) >= 11 is 6.36. The fourth-order valence-electron chi connectivity index (χ4n) is 4.91. The number of rotatable bonds is 5. The first-order valence-corrected chi connectivity index (χ1v) is 11.1. The van der Waals surface area contributed by atoms with Crippen molar-refractivity contribution in [3.63, 3.8) is 0 Å². The van der Waals surface area contributed by atoms with Gasteiger partial charge < -0.3 is 5.32 Å². The number of carbonyl (C=O) groups is 1. The molecule has 1 N–H and O–H groups in total. The standard InChI is InChI=1S/C24H35ClN4O/c1-16-19(17(2)29(27-16)21-11-9-8-10-20(21)25)12-13-22(30)26-18-14-23(3,4)28(7)24(5,6)15-18/h8-11,18H,12-15H2,1-7H3,(H,26,30). The number of halogens is 1. The van der Waals surface area contributed by atoms with Crippen LogP contribution in [0.3, 0.4) is 0 Å². The Balaban J connectivity index is 1.67. The largest absolute Gasteiger partial charge is 0.353 e. The molecule has 30 heavy (non-hydrogen) atoms. The zero-order chi connectivity index (χ0) is 22.3. The number of carbonyl (C=O) groups excluding carboxylic acids is 1. The van der Waals surface area contributed by atoms with Crippen molar-refractivity contribution in [2.24, 2.45) is 0 Å². The third kappa shape index (κ3) is 4.57. The molecule has 3 rings (SSSR count). The third-order valence-electron chi connectivity index (χ3n) is 6.80. The number of likely N-dealkylation sites (tertiary alicyclic amines) is 1. The van der Waals surface area contributed by atoms with E-state index >= 15 is 0 Å². The van der Waals surface area contributed by atoms with E-state index in [-0.39, 0.29) is 23.0 Å². The molecule has 0 unspecified atom stereocenters. The summed E-state index contributed by atoms with van der Waals surface area (Å²) in [7, 11) is 2.18. The Hall–Kier alpha value is -1.85. The second-order valence-corrected chi connectivity index (χ2v) is 10.3. The highest BCUT2D eigenvalue weighted by atomic mass is 35.5. The van der Waals surface area contributed by atoms with Crippen LogP contribution in [0.25, 0.3) is 5.69 Å². The molecule has 164 valence electrons. The van der Waals surface area contributed by atoms with Crippen molar-refractivity contribution in [3.05, 3.63) is 46.2 Å². The van der Waals surface area contributed by atoms with Crippen LogP contribution in [0, 0.1) is 13.8 Å². The zero-order valence-corrected chi connectivity index (χ0v) is 20.1. The van der Waals surface area contributed by atoms with Gasteiger partial charge in [0.1, 0.15) is 0 Å². The van der Waals surface area contributed by atoms with E-state index in [1.165, 1.54) is 0 Å². The molecule has 0 spiro atoms. The molecule has 1 aromatic carbocycles. The Morgan fingerprint density at radius 2 is 1.77 bits per heavy atom. The molecule has 1 aliphatic heterocycles. The first-order valence-electron chi connectivity index (χ1n) is 10.8. The molecular formula is C24H35ClN4O. The van der Waals surface area contributed by atoms with Crippen LogP contribution in [0.2, 0.25) is 5.02 Å². The second-order valence-electron chi connectivity index (χ2n) is 9.87. The lowest BCUT2D eigenvalue weighted by Crippen LogP contribution is -2.62. The predicted octanol–water partition coefficient (Wildman–Crippen LogP) is 4.84. The molecule has 5 nitrogen and oxygen atoms in total. The maximum absolute atomic E-state index is 12.8. The van der Waals surface area contributed by atoms with Gasteiger partial charge in [0.05, 0.1) is 16.4 Å². The van der Waals surface area contributed by atoms with E-state index in [0.717, 1.165) is 35.5 Å². The van der Waals surface area contributed by atoms with E-state index in [4.69, 9.17) is 11.6 Å². The van der Waals surface area contributed by atoms with E-state index in [0.29, 0.717) is 17.9 Å². The van der Waals surface area contributed by atoms with Crippen LogP contribution in [0.1, 0.15) is 63.9 Å².